The molecule has 0 aliphatic rings. The van der Waals surface area contributed by atoms with E-state index in [0.29, 0.717) is 0 Å². The van der Waals surface area contributed by atoms with Crippen LogP contribution in [0.3, 0.4) is 0 Å². The lowest BCUT2D eigenvalue weighted by molar-refractivity contribution is 0.390. The summed E-state index contributed by atoms with van der Waals surface area (Å²) in [7, 11) is -5.03. The Bertz CT molecular complexity index is 325. The van der Waals surface area contributed by atoms with Crippen molar-refractivity contribution < 1.29 is 8.23 Å². The summed E-state index contributed by atoms with van der Waals surface area (Å²) in [5.41, 5.74) is 0. The Labute approximate surface area is 163 Å². The highest BCUT2D eigenvalue weighted by Crippen LogP contribution is 2.24. The van der Waals surface area contributed by atoms with Crippen molar-refractivity contribution in [3.63, 3.8) is 0 Å². The lowest BCUT2D eigenvalue weighted by Gasteiger charge is -2.37. The molecular weight excluding hydrogens is 356 g/mol. The Morgan fingerprint density at radius 1 is 0.520 bits per heavy atom. The lowest BCUT2D eigenvalue weighted by Crippen LogP contribution is -2.51. The molecule has 0 spiro atoms. The van der Waals surface area contributed by atoms with E-state index < -0.39 is 25.2 Å². The van der Waals surface area contributed by atoms with Crippen molar-refractivity contribution in [2.75, 3.05) is 0 Å². The smallest absolute Gasteiger partial charge is 0.311 e. The van der Waals surface area contributed by atoms with Gasteiger partial charge in [-0.1, -0.05) is 77.6 Å². The second-order valence-corrected chi connectivity index (χ2v) is 22.4. The van der Waals surface area contributed by atoms with Gasteiger partial charge in [0.2, 0.25) is 0 Å². The van der Waals surface area contributed by atoms with Crippen LogP contribution in [0.25, 0.3) is 0 Å². The van der Waals surface area contributed by atoms with E-state index in [0.717, 1.165) is 0 Å². The Hall–Kier alpha value is 0.571. The van der Waals surface area contributed by atoms with Crippen molar-refractivity contribution in [3.05, 3.63) is 0 Å². The summed E-state index contributed by atoms with van der Waals surface area (Å²) in [5, 5.41) is 0. The van der Waals surface area contributed by atoms with E-state index in [-0.39, 0.29) is 0 Å². The second kappa shape index (κ2) is 12.9. The van der Waals surface area contributed by atoms with Crippen molar-refractivity contribution in [3.8, 4) is 0 Å². The molecule has 5 heteroatoms. The van der Waals surface area contributed by atoms with Crippen LogP contribution >= 0.6 is 0 Å². The summed E-state index contributed by atoms with van der Waals surface area (Å²) in [6.45, 7) is 18.3. The predicted molar refractivity (Wildman–Crippen MR) is 122 cm³/mol. The summed E-state index contributed by atoms with van der Waals surface area (Å²) in [6, 6.07) is 1.29. The van der Waals surface area contributed by atoms with E-state index in [1.54, 1.807) is 0 Å². The first-order chi connectivity index (χ1) is 11.5. The minimum Gasteiger partial charge on any atom is -0.437 e. The summed E-state index contributed by atoms with van der Waals surface area (Å²) in [6.07, 6.45) is 15.6. The van der Waals surface area contributed by atoms with E-state index in [2.05, 4.69) is 52.8 Å². The van der Waals surface area contributed by atoms with Gasteiger partial charge in [-0.05, 0) is 51.9 Å². The zero-order valence-corrected chi connectivity index (χ0v) is 21.8. The van der Waals surface area contributed by atoms with Crippen molar-refractivity contribution in [2.24, 2.45) is 0 Å². The van der Waals surface area contributed by atoms with Crippen LogP contribution in [0.15, 0.2) is 0 Å². The summed E-state index contributed by atoms with van der Waals surface area (Å²) < 4.78 is 12.9. The SMILES string of the molecule is CCCCCCCCCCCCC[Si](C)(C)O[Si](C)(C)O[Si](C)(C)C. The average Bonchev–Trinajstić information content (AvgIpc) is 2.40. The highest BCUT2D eigenvalue weighted by molar-refractivity contribution is 6.87. The fraction of sp³-hybridized carbons (Fsp3) is 1.00. The van der Waals surface area contributed by atoms with Gasteiger partial charge in [-0.3, -0.25) is 0 Å². The minimum absolute atomic E-state index is 1.29. The zero-order valence-electron chi connectivity index (χ0n) is 18.8. The first kappa shape index (κ1) is 25.6. The highest BCUT2D eigenvalue weighted by atomic mass is 28.5. The van der Waals surface area contributed by atoms with Crippen molar-refractivity contribution in [1.29, 1.82) is 0 Å². The highest BCUT2D eigenvalue weighted by Gasteiger charge is 2.37. The van der Waals surface area contributed by atoms with Crippen LogP contribution in [0, 0.1) is 0 Å². The van der Waals surface area contributed by atoms with E-state index >= 15 is 0 Å². The Kier molecular flexibility index (Phi) is 13.2. The van der Waals surface area contributed by atoms with Gasteiger partial charge in [-0.2, -0.15) is 0 Å². The molecule has 0 aromatic rings. The Morgan fingerprint density at radius 3 is 1.32 bits per heavy atom. The summed E-state index contributed by atoms with van der Waals surface area (Å²) in [5.74, 6) is 0. The van der Waals surface area contributed by atoms with Gasteiger partial charge in [0.15, 0.2) is 16.6 Å². The third kappa shape index (κ3) is 17.7. The van der Waals surface area contributed by atoms with Gasteiger partial charge in [0.05, 0.1) is 0 Å². The molecule has 0 saturated carbocycles. The van der Waals surface area contributed by atoms with E-state index in [1.165, 1.54) is 76.7 Å². The van der Waals surface area contributed by atoms with Crippen LogP contribution in [-0.4, -0.2) is 25.2 Å². The molecular formula is C20H48O2Si3. The molecule has 152 valence electrons. The van der Waals surface area contributed by atoms with E-state index in [1.807, 2.05) is 0 Å². The van der Waals surface area contributed by atoms with Crippen LogP contribution in [0.4, 0.5) is 0 Å². The maximum atomic E-state index is 6.58. The van der Waals surface area contributed by atoms with Crippen LogP contribution < -0.4 is 0 Å². The van der Waals surface area contributed by atoms with Crippen molar-refractivity contribution in [2.45, 2.75) is 129 Å². The van der Waals surface area contributed by atoms with Crippen LogP contribution in [-0.2, 0) is 8.23 Å². The predicted octanol–water partition coefficient (Wildman–Crippen LogP) is 8.07. The Balaban J connectivity index is 3.72. The maximum absolute atomic E-state index is 6.58. The van der Waals surface area contributed by atoms with Gasteiger partial charge in [-0.15, -0.1) is 0 Å². The fourth-order valence-corrected chi connectivity index (χ4v) is 17.0. The molecule has 0 atom stereocenters. The van der Waals surface area contributed by atoms with E-state index in [9.17, 15) is 0 Å². The van der Waals surface area contributed by atoms with Gasteiger partial charge >= 0.3 is 8.56 Å². The van der Waals surface area contributed by atoms with Gasteiger partial charge in [0, 0.05) is 0 Å². The third-order valence-corrected chi connectivity index (χ3v) is 14.6. The van der Waals surface area contributed by atoms with Gasteiger partial charge in [-0.25, -0.2) is 0 Å². The van der Waals surface area contributed by atoms with Crippen molar-refractivity contribution >= 4 is 25.2 Å². The number of rotatable bonds is 16. The molecule has 0 heterocycles. The minimum atomic E-state index is -1.95. The summed E-state index contributed by atoms with van der Waals surface area (Å²) in [4.78, 5) is 0. The normalized spacial score (nSPS) is 13.4. The summed E-state index contributed by atoms with van der Waals surface area (Å²) >= 11 is 0. The first-order valence-electron chi connectivity index (χ1n) is 10.9. The topological polar surface area (TPSA) is 18.5 Å². The fourth-order valence-electron chi connectivity index (χ4n) is 3.69. The molecule has 0 N–H and O–H groups in total. The molecule has 0 aromatic heterocycles. The van der Waals surface area contributed by atoms with Gasteiger partial charge in [0.25, 0.3) is 0 Å². The largest absolute Gasteiger partial charge is 0.437 e. The molecule has 0 radical (unpaired) electrons. The molecule has 0 unspecified atom stereocenters. The molecule has 0 amide bonds. The monoisotopic (exact) mass is 404 g/mol. The molecule has 25 heavy (non-hydrogen) atoms. The van der Waals surface area contributed by atoms with Crippen LogP contribution in [0.5, 0.6) is 0 Å². The first-order valence-corrected chi connectivity index (χ1v) is 20.2. The Morgan fingerprint density at radius 2 is 0.920 bits per heavy atom. The molecule has 0 aliphatic carbocycles. The molecule has 2 nitrogen and oxygen atoms in total. The number of unbranched alkanes of at least 4 members (excludes halogenated alkanes) is 10. The lowest BCUT2D eigenvalue weighted by atomic mass is 10.1. The zero-order chi connectivity index (χ0) is 19.4. The van der Waals surface area contributed by atoms with Crippen molar-refractivity contribution in [1.82, 2.24) is 0 Å². The maximum Gasteiger partial charge on any atom is 0.311 e. The average molecular weight is 405 g/mol. The van der Waals surface area contributed by atoms with Gasteiger partial charge < -0.3 is 8.23 Å². The van der Waals surface area contributed by atoms with E-state index in [4.69, 9.17) is 8.23 Å². The molecule has 0 aromatic carbocycles. The quantitative estimate of drug-likeness (QED) is 0.191. The molecule has 0 saturated heterocycles. The van der Waals surface area contributed by atoms with Crippen LogP contribution in [0.1, 0.15) is 77.6 Å². The van der Waals surface area contributed by atoms with Crippen LogP contribution in [0.2, 0.25) is 51.9 Å². The molecule has 0 aliphatic heterocycles. The standard InChI is InChI=1S/C20H48O2Si3/c1-9-10-11-12-13-14-15-16-17-18-19-20-24(5,6)22-25(7,8)21-23(2,3)4/h9-20H2,1-8H3. The molecule has 0 rings (SSSR count). The van der Waals surface area contributed by atoms with Gasteiger partial charge in [0.1, 0.15) is 0 Å². The third-order valence-electron chi connectivity index (χ3n) is 4.46. The second-order valence-electron chi connectivity index (χ2n) is 9.76. The molecule has 0 bridgehead atoms. The molecule has 0 fully saturated rings. The number of hydrogen-bond acceptors (Lipinski definition) is 2. The number of hydrogen-bond donors (Lipinski definition) is 0.